The highest BCUT2D eigenvalue weighted by Gasteiger charge is 2.71. The maximum atomic E-state index is 14.3. The summed E-state index contributed by atoms with van der Waals surface area (Å²) in [5.74, 6) is 2.22. The summed E-state index contributed by atoms with van der Waals surface area (Å²) in [5.41, 5.74) is -1.68. The Bertz CT molecular complexity index is 1250. The Morgan fingerprint density at radius 1 is 1.14 bits per heavy atom. The number of terminal acetylenes is 1. The van der Waals surface area contributed by atoms with Crippen LogP contribution in [-0.4, -0.2) is 42.8 Å². The molecule has 5 aliphatic rings. The second-order valence-corrected chi connectivity index (χ2v) is 13.5. The second-order valence-electron chi connectivity index (χ2n) is 13.5. The van der Waals surface area contributed by atoms with Gasteiger partial charge in [0.2, 0.25) is 0 Å². The van der Waals surface area contributed by atoms with Crippen LogP contribution in [0.1, 0.15) is 72.6 Å². The Hall–Kier alpha value is -2.86. The Kier molecular flexibility index (Phi) is 5.45. The van der Waals surface area contributed by atoms with Gasteiger partial charge in [-0.3, -0.25) is 14.4 Å². The zero-order valence-electron chi connectivity index (χ0n) is 22.9. The molecule has 3 saturated carbocycles. The maximum Gasteiger partial charge on any atom is 0.312 e. The van der Waals surface area contributed by atoms with Crippen LogP contribution in [0, 0.1) is 62.6 Å². The summed E-state index contributed by atoms with van der Waals surface area (Å²) < 4.78 is 5.38. The SMILES string of the molecule is C#C[C@@]12CC[C@H]3N(C)C(=O)C(C#N)=C[C@]3(C)C1=CC(=O)[C@@H]1[C@@H]3CC(C)(C)CC[C@]3(C(=O)OC)CC[C@]12C. The molecular weight excluding hydrogens is 464 g/mol. The van der Waals surface area contributed by atoms with Crippen molar-refractivity contribution >= 4 is 17.7 Å². The fourth-order valence-corrected chi connectivity index (χ4v) is 9.41. The van der Waals surface area contributed by atoms with Crippen LogP contribution in [-0.2, 0) is 19.1 Å². The molecule has 0 saturated heterocycles. The first-order chi connectivity index (χ1) is 17.3. The topological polar surface area (TPSA) is 87.5 Å². The van der Waals surface area contributed by atoms with Gasteiger partial charge in [0.25, 0.3) is 5.91 Å². The lowest BCUT2D eigenvalue weighted by Gasteiger charge is -2.67. The van der Waals surface area contributed by atoms with E-state index < -0.39 is 21.7 Å². The summed E-state index contributed by atoms with van der Waals surface area (Å²) >= 11 is 0. The fraction of sp³-hybridized carbons (Fsp3) is 0.677. The van der Waals surface area contributed by atoms with Gasteiger partial charge in [-0.25, -0.2) is 0 Å². The molecule has 1 heterocycles. The molecule has 0 aromatic carbocycles. The van der Waals surface area contributed by atoms with E-state index in [1.165, 1.54) is 7.11 Å². The number of nitriles is 1. The van der Waals surface area contributed by atoms with E-state index in [0.29, 0.717) is 25.7 Å². The van der Waals surface area contributed by atoms with E-state index in [4.69, 9.17) is 11.2 Å². The number of fused-ring (bicyclic) bond motifs is 7. The molecule has 6 nitrogen and oxygen atoms in total. The summed E-state index contributed by atoms with van der Waals surface area (Å²) in [6, 6.07) is 1.89. The maximum absolute atomic E-state index is 14.3. The highest BCUT2D eigenvalue weighted by Crippen LogP contribution is 2.73. The number of hydrogen-bond donors (Lipinski definition) is 0. The third-order valence-electron chi connectivity index (χ3n) is 11.4. The zero-order chi connectivity index (χ0) is 27.2. The number of esters is 1. The molecule has 5 rings (SSSR count). The molecule has 0 spiro atoms. The van der Waals surface area contributed by atoms with Crippen molar-refractivity contribution in [2.24, 2.45) is 38.9 Å². The van der Waals surface area contributed by atoms with Gasteiger partial charge in [0.15, 0.2) is 5.78 Å². The van der Waals surface area contributed by atoms with Crippen molar-refractivity contribution in [2.45, 2.75) is 78.7 Å². The standard InChI is InChI=1S/C31H38N2O4/c1-8-31-10-9-23-28(4,16-19(18-32)25(35)33(23)6)22(31)15-21(34)24-20-17-27(2,3)11-13-30(20,26(36)37-7)14-12-29(24,31)5/h1,15-16,20,23-24H,9-14,17H2,2-7H3/t20-,23+,24-,28+,29+,30-,31+/m0/s1. The molecule has 0 aromatic rings. The van der Waals surface area contributed by atoms with Crippen LogP contribution >= 0.6 is 0 Å². The number of ketones is 1. The minimum atomic E-state index is -0.718. The zero-order valence-corrected chi connectivity index (χ0v) is 22.9. The first-order valence-electron chi connectivity index (χ1n) is 13.5. The van der Waals surface area contributed by atoms with Gasteiger partial charge < -0.3 is 9.64 Å². The van der Waals surface area contributed by atoms with Gasteiger partial charge in [-0.15, -0.1) is 6.42 Å². The Balaban J connectivity index is 1.73. The number of hydrogen-bond acceptors (Lipinski definition) is 5. The van der Waals surface area contributed by atoms with E-state index in [9.17, 15) is 19.6 Å². The van der Waals surface area contributed by atoms with Gasteiger partial charge in [0.05, 0.1) is 17.9 Å². The van der Waals surface area contributed by atoms with E-state index in [1.807, 2.05) is 6.92 Å². The number of carbonyl (C=O) groups is 3. The first kappa shape index (κ1) is 25.8. The van der Waals surface area contributed by atoms with Crippen LogP contribution in [0.4, 0.5) is 0 Å². The molecule has 3 fully saturated rings. The molecule has 37 heavy (non-hydrogen) atoms. The highest BCUT2D eigenvalue weighted by atomic mass is 16.5. The molecule has 1 aliphatic heterocycles. The number of ether oxygens (including phenoxy) is 1. The third-order valence-corrected chi connectivity index (χ3v) is 11.4. The Morgan fingerprint density at radius 3 is 2.43 bits per heavy atom. The predicted octanol–water partition coefficient (Wildman–Crippen LogP) is 4.61. The average molecular weight is 503 g/mol. The molecule has 4 aliphatic carbocycles. The molecule has 0 N–H and O–H groups in total. The summed E-state index contributed by atoms with van der Waals surface area (Å²) in [7, 11) is 3.19. The fourth-order valence-electron chi connectivity index (χ4n) is 9.41. The van der Waals surface area contributed by atoms with Gasteiger partial charge in [0.1, 0.15) is 11.6 Å². The monoisotopic (exact) mass is 502 g/mol. The van der Waals surface area contributed by atoms with Crippen molar-refractivity contribution < 1.29 is 19.1 Å². The molecule has 0 aromatic heterocycles. The van der Waals surface area contributed by atoms with Crippen LogP contribution in [0.15, 0.2) is 23.3 Å². The summed E-state index contributed by atoms with van der Waals surface area (Å²) in [6.07, 6.45) is 15.0. The minimum absolute atomic E-state index is 0.00847. The average Bonchev–Trinajstić information content (AvgIpc) is 2.85. The molecule has 0 bridgehead atoms. The number of methoxy groups -OCH3 is 1. The molecule has 0 radical (unpaired) electrons. The van der Waals surface area contributed by atoms with Crippen molar-refractivity contribution in [3.63, 3.8) is 0 Å². The van der Waals surface area contributed by atoms with Crippen LogP contribution in [0.3, 0.4) is 0 Å². The molecule has 1 amide bonds. The molecule has 6 heteroatoms. The van der Waals surface area contributed by atoms with Crippen molar-refractivity contribution in [3.8, 4) is 18.4 Å². The Morgan fingerprint density at radius 2 is 1.81 bits per heavy atom. The van der Waals surface area contributed by atoms with E-state index >= 15 is 0 Å². The van der Waals surface area contributed by atoms with E-state index in [1.54, 1.807) is 24.1 Å². The lowest BCUT2D eigenvalue weighted by Crippen LogP contribution is -2.67. The Labute approximate surface area is 220 Å². The predicted molar refractivity (Wildman–Crippen MR) is 138 cm³/mol. The summed E-state index contributed by atoms with van der Waals surface area (Å²) in [6.45, 7) is 8.64. The number of rotatable bonds is 1. The van der Waals surface area contributed by atoms with Crippen molar-refractivity contribution in [1.82, 2.24) is 4.90 Å². The lowest BCUT2D eigenvalue weighted by molar-refractivity contribution is -0.187. The smallest absolute Gasteiger partial charge is 0.312 e. The van der Waals surface area contributed by atoms with Crippen molar-refractivity contribution in [2.75, 3.05) is 14.2 Å². The number of nitrogens with zero attached hydrogens (tertiary/aromatic N) is 2. The second kappa shape index (κ2) is 7.83. The quantitative estimate of drug-likeness (QED) is 0.386. The van der Waals surface area contributed by atoms with E-state index in [-0.39, 0.29) is 46.5 Å². The molecule has 0 unspecified atom stereocenters. The largest absolute Gasteiger partial charge is 0.469 e. The van der Waals surface area contributed by atoms with Gasteiger partial charge >= 0.3 is 5.97 Å². The third kappa shape index (κ3) is 3.02. The van der Waals surface area contributed by atoms with Crippen LogP contribution in [0.5, 0.6) is 0 Å². The molecule has 196 valence electrons. The number of amides is 1. The molecule has 7 atom stereocenters. The van der Waals surface area contributed by atoms with Crippen LogP contribution < -0.4 is 0 Å². The summed E-state index contributed by atoms with van der Waals surface area (Å²) in [5, 5.41) is 9.74. The number of carbonyl (C=O) groups excluding carboxylic acids is 3. The van der Waals surface area contributed by atoms with E-state index in [0.717, 1.165) is 24.8 Å². The number of allylic oxidation sites excluding steroid dienone is 1. The van der Waals surface area contributed by atoms with Gasteiger partial charge in [0, 0.05) is 24.4 Å². The molecular formula is C31H38N2O4. The van der Waals surface area contributed by atoms with E-state index in [2.05, 4.69) is 32.8 Å². The van der Waals surface area contributed by atoms with Crippen LogP contribution in [0.2, 0.25) is 0 Å². The number of likely N-dealkylation sites (N-methyl/N-ethyl adjacent to an activating group) is 1. The first-order valence-corrected chi connectivity index (χ1v) is 13.5. The normalized spacial score (nSPS) is 44.0. The van der Waals surface area contributed by atoms with Crippen molar-refractivity contribution in [3.05, 3.63) is 23.3 Å². The summed E-state index contributed by atoms with van der Waals surface area (Å²) in [4.78, 5) is 42.2. The van der Waals surface area contributed by atoms with Gasteiger partial charge in [-0.05, 0) is 79.4 Å². The van der Waals surface area contributed by atoms with Gasteiger partial charge in [-0.1, -0.05) is 33.6 Å². The van der Waals surface area contributed by atoms with Crippen molar-refractivity contribution in [1.29, 1.82) is 5.26 Å². The minimum Gasteiger partial charge on any atom is -0.469 e. The van der Waals surface area contributed by atoms with Gasteiger partial charge in [-0.2, -0.15) is 5.26 Å². The highest BCUT2D eigenvalue weighted by molar-refractivity contribution is 6.00. The van der Waals surface area contributed by atoms with Crippen LogP contribution in [0.25, 0.3) is 0 Å². The lowest BCUT2D eigenvalue weighted by atomic mass is 9.35.